The van der Waals surface area contributed by atoms with E-state index >= 15 is 0 Å². The zero-order valence-electron chi connectivity index (χ0n) is 27.3. The molecule has 0 heterocycles. The molecule has 0 unspecified atom stereocenters. The Balaban J connectivity index is -0.0000000750. The van der Waals surface area contributed by atoms with E-state index < -0.39 is 0 Å². The Hall–Kier alpha value is -1.04. The molecule has 220 valence electrons. The van der Waals surface area contributed by atoms with E-state index in [2.05, 4.69) is 81.7 Å². The van der Waals surface area contributed by atoms with Crippen LogP contribution in [0.3, 0.4) is 0 Å². The summed E-state index contributed by atoms with van der Waals surface area (Å²) in [5, 5.41) is 0. The number of rotatable bonds is 18. The molecule has 0 heteroatoms. The molecule has 0 N–H and O–H groups in total. The van der Waals surface area contributed by atoms with Gasteiger partial charge in [-0.25, -0.2) is 0 Å². The first-order valence-corrected chi connectivity index (χ1v) is 15.9. The quantitative estimate of drug-likeness (QED) is 0.127. The maximum absolute atomic E-state index is 3.60. The van der Waals surface area contributed by atoms with E-state index in [4.69, 9.17) is 0 Å². The second-order valence-corrected chi connectivity index (χ2v) is 9.14. The molecule has 0 aliphatic carbocycles. The Bertz CT molecular complexity index is 248. The summed E-state index contributed by atoms with van der Waals surface area (Å²) in [5.74, 6) is 0. The first kappa shape index (κ1) is 48.1. The smallest absolute Gasteiger partial charge is 0.0354 e. The molecule has 0 aromatic heterocycles. The Labute approximate surface area is 234 Å². The van der Waals surface area contributed by atoms with Crippen LogP contribution in [0, 0.1) is 0 Å². The number of allylic oxidation sites excluding steroid dienone is 4. The molecule has 0 nitrogen and oxygen atoms in total. The summed E-state index contributed by atoms with van der Waals surface area (Å²) < 4.78 is 0. The zero-order chi connectivity index (χ0) is 29.0. The van der Waals surface area contributed by atoms with Gasteiger partial charge < -0.3 is 0 Å². The van der Waals surface area contributed by atoms with Crippen LogP contribution < -0.4 is 0 Å². The summed E-state index contributed by atoms with van der Waals surface area (Å²) >= 11 is 0. The highest BCUT2D eigenvalue weighted by Gasteiger charge is 1.76. The molecule has 36 heavy (non-hydrogen) atoms. The maximum Gasteiger partial charge on any atom is -0.0354 e. The Morgan fingerprint density at radius 1 is 0.278 bits per heavy atom. The molecule has 0 aromatic rings. The van der Waals surface area contributed by atoms with Crippen molar-refractivity contribution in [1.82, 2.24) is 0 Å². The van der Waals surface area contributed by atoms with E-state index in [0.29, 0.717) is 0 Å². The molecule has 0 saturated heterocycles. The van der Waals surface area contributed by atoms with Gasteiger partial charge in [0.2, 0.25) is 0 Å². The minimum absolute atomic E-state index is 1.18. The Morgan fingerprint density at radius 2 is 0.417 bits per heavy atom. The predicted octanol–water partition coefficient (Wildman–Crippen LogP) is 14.6. The van der Waals surface area contributed by atoms with Gasteiger partial charge in [0.1, 0.15) is 0 Å². The molecule has 0 rings (SSSR count). The Morgan fingerprint density at radius 3 is 0.472 bits per heavy atom. The van der Waals surface area contributed by atoms with Crippen LogP contribution in [-0.4, -0.2) is 0 Å². The van der Waals surface area contributed by atoms with Gasteiger partial charge in [0.05, 0.1) is 0 Å². The van der Waals surface area contributed by atoms with Crippen LogP contribution >= 0.6 is 0 Å². The molecule has 0 aromatic carbocycles. The Kier molecular flexibility index (Phi) is 93.5. The van der Waals surface area contributed by atoms with Crippen LogP contribution in [0.2, 0.25) is 0 Å². The molecule has 0 fully saturated rings. The average Bonchev–Trinajstić information content (AvgIpc) is 2.92. The lowest BCUT2D eigenvalue weighted by Gasteiger charge is -1.86. The molecular weight excluding hydrogens is 432 g/mol. The second-order valence-electron chi connectivity index (χ2n) is 9.14. The molecule has 0 amide bonds. The first-order valence-electron chi connectivity index (χ1n) is 15.9. The molecule has 0 aliphatic heterocycles. The molecule has 0 spiro atoms. The fraction of sp³-hybridized carbons (Fsp3) is 0.778. The van der Waals surface area contributed by atoms with Crippen LogP contribution in [0.1, 0.15) is 184 Å². The molecular formula is C36H76. The lowest BCUT2D eigenvalue weighted by Crippen LogP contribution is -1.66. The third-order valence-electron chi connectivity index (χ3n) is 4.96. The van der Waals surface area contributed by atoms with Crippen LogP contribution in [0.15, 0.2) is 50.6 Å². The minimum atomic E-state index is 1.18. The van der Waals surface area contributed by atoms with Crippen molar-refractivity contribution in [2.75, 3.05) is 0 Å². The topological polar surface area (TPSA) is 0 Å². The van der Waals surface area contributed by atoms with Gasteiger partial charge in [0.25, 0.3) is 0 Å². The van der Waals surface area contributed by atoms with Crippen molar-refractivity contribution in [3.63, 3.8) is 0 Å². The van der Waals surface area contributed by atoms with E-state index in [-0.39, 0.29) is 0 Å². The SMILES string of the molecule is C=CCCCC.C=CCCCC.C=CCCCC.C=CCCCC.CCCCCC.CCCCCC. The number of unbranched alkanes of at least 4 members (excludes halogenated alkanes) is 14. The second kappa shape index (κ2) is 70.0. The summed E-state index contributed by atoms with van der Waals surface area (Å²) in [4.78, 5) is 0. The van der Waals surface area contributed by atoms with Crippen molar-refractivity contribution in [1.29, 1.82) is 0 Å². The van der Waals surface area contributed by atoms with Gasteiger partial charge in [-0.3, -0.25) is 0 Å². The van der Waals surface area contributed by atoms with Crippen molar-refractivity contribution >= 4 is 0 Å². The first-order chi connectivity index (χ1) is 17.5. The molecule has 0 atom stereocenters. The van der Waals surface area contributed by atoms with E-state index in [1.807, 2.05) is 24.3 Å². The zero-order valence-corrected chi connectivity index (χ0v) is 27.3. The van der Waals surface area contributed by atoms with Crippen molar-refractivity contribution in [2.24, 2.45) is 0 Å². The molecule has 0 saturated carbocycles. The van der Waals surface area contributed by atoms with Gasteiger partial charge in [-0.05, 0) is 25.7 Å². The van der Waals surface area contributed by atoms with Gasteiger partial charge in [-0.1, -0.05) is 182 Å². The van der Waals surface area contributed by atoms with Crippen LogP contribution in [-0.2, 0) is 0 Å². The normalized spacial score (nSPS) is 8.44. The van der Waals surface area contributed by atoms with Gasteiger partial charge in [0, 0.05) is 0 Å². The molecule has 0 aliphatic rings. The van der Waals surface area contributed by atoms with Crippen molar-refractivity contribution < 1.29 is 0 Å². The van der Waals surface area contributed by atoms with Crippen molar-refractivity contribution in [3.8, 4) is 0 Å². The lowest BCUT2D eigenvalue weighted by atomic mass is 10.2. The van der Waals surface area contributed by atoms with Gasteiger partial charge in [0.15, 0.2) is 0 Å². The minimum Gasteiger partial charge on any atom is -0.103 e. The fourth-order valence-electron chi connectivity index (χ4n) is 2.39. The monoisotopic (exact) mass is 509 g/mol. The third kappa shape index (κ3) is 117. The summed E-state index contributed by atoms with van der Waals surface area (Å²) in [6, 6.07) is 0. The number of hydrogen-bond acceptors (Lipinski definition) is 0. The van der Waals surface area contributed by atoms with E-state index in [9.17, 15) is 0 Å². The van der Waals surface area contributed by atoms with E-state index in [1.54, 1.807) is 0 Å². The molecule has 0 bridgehead atoms. The summed E-state index contributed by atoms with van der Waals surface area (Å²) in [6.07, 6.45) is 33.9. The largest absolute Gasteiger partial charge is 0.103 e. The summed E-state index contributed by atoms with van der Waals surface area (Å²) in [7, 11) is 0. The molecule has 0 radical (unpaired) electrons. The van der Waals surface area contributed by atoms with Crippen molar-refractivity contribution in [3.05, 3.63) is 50.6 Å². The van der Waals surface area contributed by atoms with Crippen molar-refractivity contribution in [2.45, 2.75) is 184 Å². The third-order valence-corrected chi connectivity index (χ3v) is 4.96. The highest BCUT2D eigenvalue weighted by Crippen LogP contribution is 1.96. The van der Waals surface area contributed by atoms with Crippen LogP contribution in [0.25, 0.3) is 0 Å². The van der Waals surface area contributed by atoms with Gasteiger partial charge >= 0.3 is 0 Å². The van der Waals surface area contributed by atoms with Gasteiger partial charge in [-0.15, -0.1) is 26.3 Å². The highest BCUT2D eigenvalue weighted by molar-refractivity contribution is 4.65. The van der Waals surface area contributed by atoms with E-state index in [1.165, 1.54) is 128 Å². The highest BCUT2D eigenvalue weighted by atomic mass is 13.8. The van der Waals surface area contributed by atoms with Gasteiger partial charge in [-0.2, -0.15) is 0 Å². The summed E-state index contributed by atoms with van der Waals surface area (Å²) in [6.45, 7) is 32.1. The number of hydrogen-bond donors (Lipinski definition) is 0. The maximum atomic E-state index is 3.60. The van der Waals surface area contributed by atoms with E-state index in [0.717, 1.165) is 0 Å². The standard InChI is InChI=1S/2C6H14.4C6H12/c6*1-3-5-6-4-2/h2*3-6H2,1-2H3;4*3H,1,4-6H2,2H3. The average molecular weight is 509 g/mol. The fourth-order valence-corrected chi connectivity index (χ4v) is 2.39. The lowest BCUT2D eigenvalue weighted by molar-refractivity contribution is 0.702. The van der Waals surface area contributed by atoms with Crippen LogP contribution in [0.4, 0.5) is 0 Å². The predicted molar refractivity (Wildman–Crippen MR) is 179 cm³/mol. The summed E-state index contributed by atoms with van der Waals surface area (Å²) in [5.41, 5.74) is 0. The van der Waals surface area contributed by atoms with Crippen LogP contribution in [0.5, 0.6) is 0 Å².